The van der Waals surface area contributed by atoms with Crippen molar-refractivity contribution in [3.63, 3.8) is 0 Å². The van der Waals surface area contributed by atoms with Gasteiger partial charge in [0, 0.05) is 17.2 Å². The number of carbonyl (C=O) groups is 2. The summed E-state index contributed by atoms with van der Waals surface area (Å²) in [6.07, 6.45) is 2.91. The number of ether oxygens (including phenoxy) is 3. The lowest BCUT2D eigenvalue weighted by Crippen LogP contribution is -2.19. The Hall–Kier alpha value is -4.73. The Labute approximate surface area is 193 Å². The molecule has 0 N–H and O–H groups in total. The zero-order valence-electron chi connectivity index (χ0n) is 17.8. The van der Waals surface area contributed by atoms with Crippen LogP contribution in [0.2, 0.25) is 0 Å². The lowest BCUT2D eigenvalue weighted by molar-refractivity contribution is -0.136. The molecule has 0 saturated carbocycles. The average Bonchev–Trinajstić information content (AvgIpc) is 3.58. The molecule has 0 saturated heterocycles. The second-order valence-corrected chi connectivity index (χ2v) is 7.18. The number of nitrogens with zero attached hydrogens (tertiary/aromatic N) is 4. The molecule has 0 amide bonds. The highest BCUT2D eigenvalue weighted by molar-refractivity contribution is 6.16. The Balaban J connectivity index is 1.39. The van der Waals surface area contributed by atoms with Gasteiger partial charge in [-0.2, -0.15) is 4.68 Å². The number of ketones is 1. The molecule has 10 nitrogen and oxygen atoms in total. The van der Waals surface area contributed by atoms with Crippen molar-refractivity contribution in [2.45, 2.75) is 0 Å². The van der Waals surface area contributed by atoms with Crippen LogP contribution in [0.4, 0.5) is 0 Å². The van der Waals surface area contributed by atoms with E-state index < -0.39 is 18.4 Å². The summed E-state index contributed by atoms with van der Waals surface area (Å²) in [7, 11) is 0. The second-order valence-electron chi connectivity index (χ2n) is 7.18. The van der Waals surface area contributed by atoms with Gasteiger partial charge in [0.25, 0.3) is 0 Å². The number of fused-ring (bicyclic) bond motifs is 1. The minimum Gasteiger partial charge on any atom is -0.486 e. The second kappa shape index (κ2) is 9.41. The summed E-state index contributed by atoms with van der Waals surface area (Å²) in [5.41, 5.74) is 1.01. The molecular formula is C24H18N4O6. The maximum absolute atomic E-state index is 13.1. The zero-order chi connectivity index (χ0) is 23.3. The summed E-state index contributed by atoms with van der Waals surface area (Å²) in [6.45, 7) is 0.359. The molecule has 2 aromatic carbocycles. The minimum absolute atomic E-state index is 0.0197. The SMILES string of the molecule is O=C(OCC(=O)c1ccc2c(c1)OCCO2)C(=Cc1ccco1)n1nnnc1-c1ccccc1. The maximum Gasteiger partial charge on any atom is 0.357 e. The molecule has 3 heterocycles. The summed E-state index contributed by atoms with van der Waals surface area (Å²) in [5.74, 6) is 0.557. The van der Waals surface area contributed by atoms with Crippen LogP contribution in [0.1, 0.15) is 16.1 Å². The van der Waals surface area contributed by atoms with Crippen LogP contribution in [0.5, 0.6) is 11.5 Å². The molecule has 0 unspecified atom stereocenters. The van der Waals surface area contributed by atoms with E-state index in [0.717, 1.165) is 0 Å². The highest BCUT2D eigenvalue weighted by atomic mass is 16.6. The van der Waals surface area contributed by atoms with Gasteiger partial charge in [-0.15, -0.1) is 5.10 Å². The molecule has 1 aliphatic heterocycles. The fourth-order valence-electron chi connectivity index (χ4n) is 3.34. The molecule has 0 spiro atoms. The Morgan fingerprint density at radius 3 is 2.62 bits per heavy atom. The third-order valence-electron chi connectivity index (χ3n) is 4.96. The van der Waals surface area contributed by atoms with Gasteiger partial charge >= 0.3 is 5.97 Å². The topological polar surface area (TPSA) is 119 Å². The summed E-state index contributed by atoms with van der Waals surface area (Å²) < 4.78 is 22.9. The predicted octanol–water partition coefficient (Wildman–Crippen LogP) is 3.13. The van der Waals surface area contributed by atoms with Gasteiger partial charge in [-0.3, -0.25) is 4.79 Å². The van der Waals surface area contributed by atoms with E-state index in [-0.39, 0.29) is 5.70 Å². The molecule has 2 aromatic heterocycles. The van der Waals surface area contributed by atoms with Crippen molar-refractivity contribution in [1.82, 2.24) is 20.2 Å². The van der Waals surface area contributed by atoms with Crippen LogP contribution >= 0.6 is 0 Å². The molecule has 0 atom stereocenters. The van der Waals surface area contributed by atoms with Crippen molar-refractivity contribution >= 4 is 23.5 Å². The standard InChI is InChI=1S/C24H18N4O6/c29-20(17-8-9-21-22(13-17)33-12-11-32-21)15-34-24(30)19(14-18-7-4-10-31-18)28-23(25-26-27-28)16-5-2-1-3-6-16/h1-10,13-14H,11-12,15H2. The number of hydrogen-bond donors (Lipinski definition) is 0. The van der Waals surface area contributed by atoms with E-state index in [2.05, 4.69) is 15.5 Å². The third-order valence-corrected chi connectivity index (χ3v) is 4.96. The van der Waals surface area contributed by atoms with Crippen LogP contribution in [-0.2, 0) is 9.53 Å². The molecular weight excluding hydrogens is 440 g/mol. The van der Waals surface area contributed by atoms with Crippen molar-refractivity contribution in [2.75, 3.05) is 19.8 Å². The van der Waals surface area contributed by atoms with Gasteiger partial charge in [-0.25, -0.2) is 4.79 Å². The Morgan fingerprint density at radius 2 is 1.82 bits per heavy atom. The molecule has 10 heteroatoms. The fourth-order valence-corrected chi connectivity index (χ4v) is 3.34. The molecule has 0 fully saturated rings. The van der Waals surface area contributed by atoms with E-state index in [1.807, 2.05) is 30.3 Å². The molecule has 1 aliphatic rings. The monoisotopic (exact) mass is 458 g/mol. The van der Waals surface area contributed by atoms with Crippen LogP contribution < -0.4 is 9.47 Å². The Morgan fingerprint density at radius 1 is 1.00 bits per heavy atom. The van der Waals surface area contributed by atoms with Crippen LogP contribution in [0, 0.1) is 0 Å². The fraction of sp³-hybridized carbons (Fsp3) is 0.125. The van der Waals surface area contributed by atoms with Crippen molar-refractivity contribution in [3.05, 3.63) is 78.3 Å². The number of tetrazole rings is 1. The van der Waals surface area contributed by atoms with Gasteiger partial charge in [-0.1, -0.05) is 30.3 Å². The van der Waals surface area contributed by atoms with Gasteiger partial charge < -0.3 is 18.6 Å². The number of rotatable bonds is 7. The summed E-state index contributed by atoms with van der Waals surface area (Å²) in [4.78, 5) is 25.8. The van der Waals surface area contributed by atoms with Crippen LogP contribution in [0.25, 0.3) is 23.2 Å². The van der Waals surface area contributed by atoms with Crippen LogP contribution in [0.3, 0.4) is 0 Å². The first kappa shape index (κ1) is 21.1. The van der Waals surface area contributed by atoms with E-state index in [4.69, 9.17) is 18.6 Å². The number of esters is 1. The van der Waals surface area contributed by atoms with Crippen molar-refractivity contribution < 1.29 is 28.2 Å². The average molecular weight is 458 g/mol. The molecule has 170 valence electrons. The van der Waals surface area contributed by atoms with Gasteiger partial charge in [0.2, 0.25) is 0 Å². The first-order valence-electron chi connectivity index (χ1n) is 10.4. The van der Waals surface area contributed by atoms with Crippen molar-refractivity contribution in [1.29, 1.82) is 0 Å². The van der Waals surface area contributed by atoms with Gasteiger partial charge in [0.05, 0.1) is 6.26 Å². The number of aromatic nitrogens is 4. The summed E-state index contributed by atoms with van der Waals surface area (Å²) in [5, 5.41) is 11.7. The van der Waals surface area contributed by atoms with E-state index >= 15 is 0 Å². The Bertz CT molecular complexity index is 1350. The highest BCUT2D eigenvalue weighted by Gasteiger charge is 2.23. The molecule has 0 aliphatic carbocycles. The van der Waals surface area contributed by atoms with E-state index in [0.29, 0.717) is 47.4 Å². The van der Waals surface area contributed by atoms with Gasteiger partial charge in [-0.05, 0) is 40.8 Å². The first-order chi connectivity index (χ1) is 16.7. The lowest BCUT2D eigenvalue weighted by atomic mass is 10.1. The third kappa shape index (κ3) is 4.42. The number of carbonyl (C=O) groups excluding carboxylic acids is 2. The molecule has 4 aromatic rings. The van der Waals surface area contributed by atoms with Gasteiger partial charge in [0.15, 0.2) is 35.4 Å². The number of hydrogen-bond acceptors (Lipinski definition) is 9. The normalized spacial score (nSPS) is 12.9. The Kier molecular flexibility index (Phi) is 5.85. The number of furan rings is 1. The molecule has 34 heavy (non-hydrogen) atoms. The first-order valence-corrected chi connectivity index (χ1v) is 10.4. The smallest absolute Gasteiger partial charge is 0.357 e. The summed E-state index contributed by atoms with van der Waals surface area (Å²) >= 11 is 0. The zero-order valence-corrected chi connectivity index (χ0v) is 17.8. The van der Waals surface area contributed by atoms with Crippen molar-refractivity contribution in [2.24, 2.45) is 0 Å². The molecule has 0 radical (unpaired) electrons. The lowest BCUT2D eigenvalue weighted by Gasteiger charge is -2.18. The number of Topliss-reactive ketones (excluding diaryl/α,β-unsaturated/α-hetero) is 1. The maximum atomic E-state index is 13.1. The van der Waals surface area contributed by atoms with E-state index in [1.165, 1.54) is 17.0 Å². The van der Waals surface area contributed by atoms with E-state index in [1.54, 1.807) is 30.3 Å². The van der Waals surface area contributed by atoms with Gasteiger partial charge in [0.1, 0.15) is 19.0 Å². The minimum atomic E-state index is -0.799. The van der Waals surface area contributed by atoms with E-state index in [9.17, 15) is 9.59 Å². The largest absolute Gasteiger partial charge is 0.486 e. The van der Waals surface area contributed by atoms with Crippen LogP contribution in [0.15, 0.2) is 71.3 Å². The predicted molar refractivity (Wildman–Crippen MR) is 119 cm³/mol. The number of benzene rings is 2. The highest BCUT2D eigenvalue weighted by Crippen LogP contribution is 2.31. The van der Waals surface area contributed by atoms with Crippen LogP contribution in [-0.4, -0.2) is 51.8 Å². The summed E-state index contributed by atoms with van der Waals surface area (Å²) in [6, 6.07) is 17.3. The quantitative estimate of drug-likeness (QED) is 0.234. The van der Waals surface area contributed by atoms with Crippen molar-refractivity contribution in [3.8, 4) is 22.9 Å². The molecule has 5 rings (SSSR count). The molecule has 0 bridgehead atoms.